The zero-order valence-corrected chi connectivity index (χ0v) is 8.27. The molecule has 0 spiro atoms. The molecule has 0 saturated heterocycles. The monoisotopic (exact) mass is 218 g/mol. The van der Waals surface area contributed by atoms with E-state index in [1.165, 1.54) is 5.54 Å². The molecule has 0 aromatic heterocycles. The van der Waals surface area contributed by atoms with Crippen LogP contribution in [-0.4, -0.2) is 5.38 Å². The highest BCUT2D eigenvalue weighted by Gasteiger charge is 2.10. The summed E-state index contributed by atoms with van der Waals surface area (Å²) in [5.41, 5.74) is 1.20. The fourth-order valence-corrected chi connectivity index (χ4v) is 1.00. The molecule has 0 aliphatic heterocycles. The molecule has 0 aromatic carbocycles. The molecule has 0 rings (SSSR count). The van der Waals surface area contributed by atoms with Crippen LogP contribution in [0.4, 0.5) is 0 Å². The topological polar surface area (TPSA) is 0 Å². The minimum Gasteiger partial charge on any atom is -0.111 e. The standard InChI is InChI=1S/C6H6Cl4/c1-2-4(8)6(10)5(9)3-7/h2-3,6H,1H3. The average Bonchev–Trinajstić information content (AvgIpc) is 2.00. The lowest BCUT2D eigenvalue weighted by Crippen LogP contribution is -1.96. The molecular formula is C6H6Cl4. The van der Waals surface area contributed by atoms with Gasteiger partial charge in [0.15, 0.2) is 0 Å². The number of hydrogen-bond donors (Lipinski definition) is 0. The molecule has 0 heterocycles. The van der Waals surface area contributed by atoms with E-state index in [1.807, 2.05) is 0 Å². The Morgan fingerprint density at radius 3 is 2.10 bits per heavy atom. The first-order valence-corrected chi connectivity index (χ1v) is 4.18. The third-order valence-corrected chi connectivity index (χ3v) is 2.67. The van der Waals surface area contributed by atoms with Gasteiger partial charge in [0.25, 0.3) is 0 Å². The Balaban J connectivity index is 4.22. The summed E-state index contributed by atoms with van der Waals surface area (Å²) >= 11 is 22.2. The SMILES string of the molecule is CC=C(Cl)C(Cl)C(Cl)=CCl. The molecule has 4 heteroatoms. The van der Waals surface area contributed by atoms with Gasteiger partial charge >= 0.3 is 0 Å². The highest BCUT2D eigenvalue weighted by molar-refractivity contribution is 6.46. The smallest absolute Gasteiger partial charge is 0.105 e. The van der Waals surface area contributed by atoms with E-state index >= 15 is 0 Å². The molecule has 0 aliphatic rings. The van der Waals surface area contributed by atoms with Gasteiger partial charge in [-0.25, -0.2) is 0 Å². The minimum absolute atomic E-state index is 0.325. The molecule has 0 fully saturated rings. The van der Waals surface area contributed by atoms with E-state index in [1.54, 1.807) is 13.0 Å². The summed E-state index contributed by atoms with van der Waals surface area (Å²) in [5.74, 6) is 0. The Morgan fingerprint density at radius 2 is 1.80 bits per heavy atom. The van der Waals surface area contributed by atoms with Gasteiger partial charge in [0, 0.05) is 10.6 Å². The average molecular weight is 220 g/mol. The van der Waals surface area contributed by atoms with Gasteiger partial charge in [0.1, 0.15) is 5.38 Å². The van der Waals surface area contributed by atoms with Crippen LogP contribution in [0.2, 0.25) is 0 Å². The Morgan fingerprint density at radius 1 is 1.30 bits per heavy atom. The number of halogens is 4. The molecule has 0 amide bonds. The van der Waals surface area contributed by atoms with Crippen LogP contribution in [0.3, 0.4) is 0 Å². The molecule has 0 aromatic rings. The van der Waals surface area contributed by atoms with E-state index < -0.39 is 5.38 Å². The van der Waals surface area contributed by atoms with Crippen LogP contribution in [0.15, 0.2) is 21.7 Å². The summed E-state index contributed by atoms with van der Waals surface area (Å²) in [6.07, 6.45) is 1.67. The third kappa shape index (κ3) is 3.16. The fourth-order valence-electron chi connectivity index (χ4n) is 0.333. The Labute approximate surface area is 80.4 Å². The lowest BCUT2D eigenvalue weighted by atomic mass is 10.3. The van der Waals surface area contributed by atoms with Crippen LogP contribution in [0.5, 0.6) is 0 Å². The summed E-state index contributed by atoms with van der Waals surface area (Å²) in [5, 5.41) is 0.292. The second-order valence-corrected chi connectivity index (χ2v) is 3.06. The molecule has 10 heavy (non-hydrogen) atoms. The highest BCUT2D eigenvalue weighted by Crippen LogP contribution is 2.25. The summed E-state index contributed by atoms with van der Waals surface area (Å²) in [6.45, 7) is 1.77. The van der Waals surface area contributed by atoms with Crippen molar-refractivity contribution >= 4 is 46.4 Å². The van der Waals surface area contributed by atoms with Crippen molar-refractivity contribution in [3.05, 3.63) is 21.7 Å². The van der Waals surface area contributed by atoms with Gasteiger partial charge in [-0.1, -0.05) is 40.9 Å². The molecule has 0 bridgehead atoms. The maximum Gasteiger partial charge on any atom is 0.105 e. The zero-order valence-electron chi connectivity index (χ0n) is 5.24. The second-order valence-electron chi connectivity index (χ2n) is 1.53. The minimum atomic E-state index is -0.508. The van der Waals surface area contributed by atoms with E-state index in [4.69, 9.17) is 46.4 Å². The first-order valence-electron chi connectivity index (χ1n) is 2.55. The van der Waals surface area contributed by atoms with Crippen molar-refractivity contribution in [1.82, 2.24) is 0 Å². The van der Waals surface area contributed by atoms with Gasteiger partial charge in [-0.3, -0.25) is 0 Å². The van der Waals surface area contributed by atoms with Crippen molar-refractivity contribution in [1.29, 1.82) is 0 Å². The van der Waals surface area contributed by atoms with Crippen LogP contribution < -0.4 is 0 Å². The fraction of sp³-hybridized carbons (Fsp3) is 0.333. The van der Waals surface area contributed by atoms with Crippen molar-refractivity contribution in [3.8, 4) is 0 Å². The number of hydrogen-bond acceptors (Lipinski definition) is 0. The van der Waals surface area contributed by atoms with Gasteiger partial charge < -0.3 is 0 Å². The largest absolute Gasteiger partial charge is 0.111 e. The van der Waals surface area contributed by atoms with Crippen molar-refractivity contribution in [2.75, 3.05) is 0 Å². The molecule has 0 saturated carbocycles. The van der Waals surface area contributed by atoms with Gasteiger partial charge in [0.05, 0.1) is 5.03 Å². The molecule has 0 aliphatic carbocycles. The first kappa shape index (κ1) is 10.6. The lowest BCUT2D eigenvalue weighted by molar-refractivity contribution is 1.31. The van der Waals surface area contributed by atoms with E-state index in [0.29, 0.717) is 10.1 Å². The molecular weight excluding hydrogens is 214 g/mol. The van der Waals surface area contributed by atoms with E-state index in [2.05, 4.69) is 0 Å². The summed E-state index contributed by atoms with van der Waals surface area (Å²) in [4.78, 5) is 0. The van der Waals surface area contributed by atoms with Gasteiger partial charge in [-0.05, 0) is 6.92 Å². The molecule has 0 nitrogen and oxygen atoms in total. The molecule has 1 atom stereocenters. The summed E-state index contributed by atoms with van der Waals surface area (Å²) < 4.78 is 0. The van der Waals surface area contributed by atoms with Gasteiger partial charge in [0.2, 0.25) is 0 Å². The van der Waals surface area contributed by atoms with Crippen LogP contribution in [0.25, 0.3) is 0 Å². The van der Waals surface area contributed by atoms with Crippen molar-refractivity contribution in [2.45, 2.75) is 12.3 Å². The highest BCUT2D eigenvalue weighted by atomic mass is 35.5. The van der Waals surface area contributed by atoms with Crippen LogP contribution in [0.1, 0.15) is 6.92 Å². The maximum atomic E-state index is 5.70. The van der Waals surface area contributed by atoms with Crippen LogP contribution >= 0.6 is 46.4 Å². The van der Waals surface area contributed by atoms with Crippen LogP contribution in [-0.2, 0) is 0 Å². The zero-order chi connectivity index (χ0) is 8.15. The second kappa shape index (κ2) is 5.31. The number of allylic oxidation sites excluding steroid dienone is 3. The Hall–Kier alpha value is 0.640. The van der Waals surface area contributed by atoms with Gasteiger partial charge in [-0.2, -0.15) is 0 Å². The number of alkyl halides is 1. The normalized spacial score (nSPS) is 17.3. The van der Waals surface area contributed by atoms with Crippen molar-refractivity contribution < 1.29 is 0 Å². The Kier molecular flexibility index (Phi) is 5.65. The quantitative estimate of drug-likeness (QED) is 0.615. The first-order chi connectivity index (χ1) is 4.63. The van der Waals surface area contributed by atoms with E-state index in [0.717, 1.165) is 0 Å². The predicted octanol–water partition coefficient (Wildman–Crippen LogP) is 4.06. The van der Waals surface area contributed by atoms with Crippen molar-refractivity contribution in [2.24, 2.45) is 0 Å². The molecule has 58 valence electrons. The molecule has 0 N–H and O–H groups in total. The Bertz CT molecular complexity index is 141. The number of rotatable bonds is 2. The summed E-state index contributed by atoms with van der Waals surface area (Å²) in [6, 6.07) is 0. The molecule has 1 unspecified atom stereocenters. The van der Waals surface area contributed by atoms with E-state index in [-0.39, 0.29) is 0 Å². The van der Waals surface area contributed by atoms with Gasteiger partial charge in [-0.15, -0.1) is 11.6 Å². The predicted molar refractivity (Wildman–Crippen MR) is 49.0 cm³/mol. The maximum absolute atomic E-state index is 5.70. The summed E-state index contributed by atoms with van der Waals surface area (Å²) in [7, 11) is 0. The van der Waals surface area contributed by atoms with Crippen LogP contribution in [0, 0.1) is 0 Å². The molecule has 0 radical (unpaired) electrons. The third-order valence-electron chi connectivity index (χ3n) is 0.864. The van der Waals surface area contributed by atoms with E-state index in [9.17, 15) is 0 Å². The van der Waals surface area contributed by atoms with Crippen molar-refractivity contribution in [3.63, 3.8) is 0 Å². The lowest BCUT2D eigenvalue weighted by Gasteiger charge is -2.03.